The third-order valence-corrected chi connectivity index (χ3v) is 5.70. The third-order valence-electron chi connectivity index (χ3n) is 5.70. The molecule has 0 spiro atoms. The van der Waals surface area contributed by atoms with E-state index in [9.17, 15) is 9.59 Å². The van der Waals surface area contributed by atoms with Crippen LogP contribution in [0.25, 0.3) is 0 Å². The minimum Gasteiger partial charge on any atom is -0.480 e. The minimum absolute atomic E-state index is 0.119. The average Bonchev–Trinajstić information content (AvgIpc) is 2.67. The van der Waals surface area contributed by atoms with Crippen molar-refractivity contribution in [3.63, 3.8) is 0 Å². The molecule has 6 nitrogen and oxygen atoms in total. The van der Waals surface area contributed by atoms with Gasteiger partial charge in [0.05, 0.1) is 6.54 Å². The Morgan fingerprint density at radius 3 is 2.44 bits per heavy atom. The van der Waals surface area contributed by atoms with Gasteiger partial charge < -0.3 is 10.0 Å². The summed E-state index contributed by atoms with van der Waals surface area (Å²) >= 11 is 0. The first kappa shape index (κ1) is 19.8. The summed E-state index contributed by atoms with van der Waals surface area (Å²) in [6.45, 7) is 6.21. The first-order valence-corrected chi connectivity index (χ1v) is 10.1. The summed E-state index contributed by atoms with van der Waals surface area (Å²) in [4.78, 5) is 29.9. The molecule has 2 heterocycles. The maximum atomic E-state index is 12.6. The van der Waals surface area contributed by atoms with Gasteiger partial charge in [-0.25, -0.2) is 0 Å². The molecule has 0 aliphatic carbocycles. The molecule has 148 valence electrons. The molecule has 0 radical (unpaired) electrons. The average molecular weight is 373 g/mol. The highest BCUT2D eigenvalue weighted by Crippen LogP contribution is 2.21. The summed E-state index contributed by atoms with van der Waals surface area (Å²) in [5.41, 5.74) is 1.32. The molecule has 2 fully saturated rings. The Balaban J connectivity index is 1.36. The SMILES string of the molecule is O=C(O)CN1CCC[C@H](CCC(=O)N2CCN(Cc3ccccc3)CC2)C1. The molecule has 0 saturated carbocycles. The maximum absolute atomic E-state index is 12.6. The lowest BCUT2D eigenvalue weighted by molar-refractivity contribution is -0.139. The summed E-state index contributed by atoms with van der Waals surface area (Å²) in [5.74, 6) is -0.0637. The van der Waals surface area contributed by atoms with Gasteiger partial charge in [-0.2, -0.15) is 0 Å². The van der Waals surface area contributed by atoms with Crippen LogP contribution in [0.1, 0.15) is 31.2 Å². The van der Waals surface area contributed by atoms with Crippen molar-refractivity contribution in [3.05, 3.63) is 35.9 Å². The summed E-state index contributed by atoms with van der Waals surface area (Å²) in [6.07, 6.45) is 3.60. The molecular formula is C21H31N3O3. The highest BCUT2D eigenvalue weighted by molar-refractivity contribution is 5.76. The Bertz CT molecular complexity index is 614. The van der Waals surface area contributed by atoms with Crippen molar-refractivity contribution in [2.45, 2.75) is 32.2 Å². The maximum Gasteiger partial charge on any atom is 0.317 e. The Morgan fingerprint density at radius 1 is 1.00 bits per heavy atom. The van der Waals surface area contributed by atoms with E-state index < -0.39 is 5.97 Å². The van der Waals surface area contributed by atoms with Gasteiger partial charge in [0.15, 0.2) is 0 Å². The van der Waals surface area contributed by atoms with Crippen LogP contribution in [-0.4, -0.2) is 77.5 Å². The molecule has 2 aliphatic rings. The van der Waals surface area contributed by atoms with Crippen LogP contribution >= 0.6 is 0 Å². The van der Waals surface area contributed by atoms with Gasteiger partial charge in [-0.15, -0.1) is 0 Å². The van der Waals surface area contributed by atoms with E-state index >= 15 is 0 Å². The number of carbonyl (C=O) groups excluding carboxylic acids is 1. The normalized spacial score (nSPS) is 21.9. The third kappa shape index (κ3) is 6.33. The number of carboxylic acids is 1. The van der Waals surface area contributed by atoms with Gasteiger partial charge >= 0.3 is 5.97 Å². The van der Waals surface area contributed by atoms with Crippen molar-refractivity contribution in [2.75, 3.05) is 45.8 Å². The fourth-order valence-corrected chi connectivity index (χ4v) is 4.20. The second-order valence-electron chi connectivity index (χ2n) is 7.82. The lowest BCUT2D eigenvalue weighted by Gasteiger charge is -2.35. The van der Waals surface area contributed by atoms with E-state index in [4.69, 9.17) is 5.11 Å². The lowest BCUT2D eigenvalue weighted by atomic mass is 9.93. The molecule has 27 heavy (non-hydrogen) atoms. The van der Waals surface area contributed by atoms with E-state index in [1.54, 1.807) is 0 Å². The molecule has 0 unspecified atom stereocenters. The fourth-order valence-electron chi connectivity index (χ4n) is 4.20. The van der Waals surface area contributed by atoms with Crippen LogP contribution in [0.4, 0.5) is 0 Å². The number of aliphatic carboxylic acids is 1. The summed E-state index contributed by atoms with van der Waals surface area (Å²) < 4.78 is 0. The molecule has 6 heteroatoms. The Morgan fingerprint density at radius 2 is 1.74 bits per heavy atom. The van der Waals surface area contributed by atoms with Gasteiger partial charge in [-0.05, 0) is 37.3 Å². The number of nitrogens with zero attached hydrogens (tertiary/aromatic N) is 3. The standard InChI is InChI=1S/C21H31N3O3/c25-20(9-8-19-7-4-10-23(16-19)17-21(26)27)24-13-11-22(12-14-24)15-18-5-2-1-3-6-18/h1-3,5-6,19H,4,7-17H2,(H,26,27)/t19-/m1/s1. The first-order valence-electron chi connectivity index (χ1n) is 10.1. The van der Waals surface area contributed by atoms with Crippen molar-refractivity contribution >= 4 is 11.9 Å². The molecular weight excluding hydrogens is 342 g/mol. The zero-order valence-corrected chi connectivity index (χ0v) is 16.1. The second kappa shape index (κ2) is 9.85. The van der Waals surface area contributed by atoms with E-state index in [0.717, 1.165) is 65.1 Å². The largest absolute Gasteiger partial charge is 0.480 e. The van der Waals surface area contributed by atoms with Crippen molar-refractivity contribution in [2.24, 2.45) is 5.92 Å². The number of piperazine rings is 1. The Kier molecular flexibility index (Phi) is 7.24. The molecule has 1 aromatic carbocycles. The van der Waals surface area contributed by atoms with E-state index in [1.165, 1.54) is 5.56 Å². The molecule has 1 N–H and O–H groups in total. The van der Waals surface area contributed by atoms with Gasteiger partial charge in [0, 0.05) is 45.7 Å². The highest BCUT2D eigenvalue weighted by atomic mass is 16.4. The number of hydrogen-bond donors (Lipinski definition) is 1. The second-order valence-corrected chi connectivity index (χ2v) is 7.82. The molecule has 2 aliphatic heterocycles. The van der Waals surface area contributed by atoms with Gasteiger partial charge in [0.2, 0.25) is 5.91 Å². The number of rotatable bonds is 7. The smallest absolute Gasteiger partial charge is 0.317 e. The van der Waals surface area contributed by atoms with Gasteiger partial charge in [-0.1, -0.05) is 30.3 Å². The number of benzene rings is 1. The number of carbonyl (C=O) groups is 2. The quantitative estimate of drug-likeness (QED) is 0.791. The van der Waals surface area contributed by atoms with Crippen molar-refractivity contribution in [1.29, 1.82) is 0 Å². The zero-order valence-electron chi connectivity index (χ0n) is 16.1. The summed E-state index contributed by atoms with van der Waals surface area (Å²) in [5, 5.41) is 8.95. The minimum atomic E-state index is -0.764. The van der Waals surface area contributed by atoms with E-state index in [2.05, 4.69) is 29.2 Å². The van der Waals surface area contributed by atoms with Crippen LogP contribution in [0.3, 0.4) is 0 Å². The lowest BCUT2D eigenvalue weighted by Crippen LogP contribution is -2.48. The number of amides is 1. The van der Waals surface area contributed by atoms with Crippen LogP contribution < -0.4 is 0 Å². The van der Waals surface area contributed by atoms with Gasteiger partial charge in [-0.3, -0.25) is 19.4 Å². The van der Waals surface area contributed by atoms with Crippen molar-refractivity contribution < 1.29 is 14.7 Å². The van der Waals surface area contributed by atoms with Crippen LogP contribution in [-0.2, 0) is 16.1 Å². The Labute approximate surface area is 161 Å². The predicted molar refractivity (Wildman–Crippen MR) is 104 cm³/mol. The fraction of sp³-hybridized carbons (Fsp3) is 0.619. The van der Waals surface area contributed by atoms with Crippen molar-refractivity contribution in [3.8, 4) is 0 Å². The van der Waals surface area contributed by atoms with E-state index in [0.29, 0.717) is 12.3 Å². The van der Waals surface area contributed by atoms with Crippen LogP contribution in [0.2, 0.25) is 0 Å². The monoisotopic (exact) mass is 373 g/mol. The first-order chi connectivity index (χ1) is 13.1. The summed E-state index contributed by atoms with van der Waals surface area (Å²) in [7, 11) is 0. The molecule has 1 amide bonds. The predicted octanol–water partition coefficient (Wildman–Crippen LogP) is 1.91. The van der Waals surface area contributed by atoms with Crippen LogP contribution in [0, 0.1) is 5.92 Å². The molecule has 2 saturated heterocycles. The molecule has 1 atom stereocenters. The number of likely N-dealkylation sites (tertiary alicyclic amines) is 1. The zero-order chi connectivity index (χ0) is 19.1. The molecule has 1 aromatic rings. The topological polar surface area (TPSA) is 64.1 Å². The summed E-state index contributed by atoms with van der Waals surface area (Å²) in [6, 6.07) is 10.5. The number of carboxylic acid groups (broad SMARTS) is 1. The van der Waals surface area contributed by atoms with E-state index in [1.807, 2.05) is 15.9 Å². The number of hydrogen-bond acceptors (Lipinski definition) is 4. The molecule has 0 aromatic heterocycles. The molecule has 0 bridgehead atoms. The highest BCUT2D eigenvalue weighted by Gasteiger charge is 2.24. The van der Waals surface area contributed by atoms with Crippen molar-refractivity contribution in [1.82, 2.24) is 14.7 Å². The van der Waals surface area contributed by atoms with Crippen LogP contribution in [0.5, 0.6) is 0 Å². The van der Waals surface area contributed by atoms with Gasteiger partial charge in [0.25, 0.3) is 0 Å². The van der Waals surface area contributed by atoms with Gasteiger partial charge in [0.1, 0.15) is 0 Å². The van der Waals surface area contributed by atoms with E-state index in [-0.39, 0.29) is 12.5 Å². The number of piperidine rings is 1. The Hall–Kier alpha value is -1.92. The molecule has 3 rings (SSSR count). The van der Waals surface area contributed by atoms with Crippen LogP contribution in [0.15, 0.2) is 30.3 Å².